The Bertz CT molecular complexity index is 314. The van der Waals surface area contributed by atoms with Gasteiger partial charge in [-0.25, -0.2) is 0 Å². The van der Waals surface area contributed by atoms with Gasteiger partial charge in [0.1, 0.15) is 5.41 Å². The quantitative estimate of drug-likeness (QED) is 0.457. The zero-order chi connectivity index (χ0) is 13.3. The lowest BCUT2D eigenvalue weighted by molar-refractivity contribution is -0.128. The van der Waals surface area contributed by atoms with E-state index in [4.69, 9.17) is 0 Å². The molecule has 1 fully saturated rings. The molecule has 0 aromatic rings. The lowest BCUT2D eigenvalue weighted by Gasteiger charge is -2.23. The van der Waals surface area contributed by atoms with E-state index >= 15 is 0 Å². The second-order valence-electron chi connectivity index (χ2n) is 4.73. The predicted octanol–water partition coefficient (Wildman–Crippen LogP) is 2.89. The fourth-order valence-corrected chi connectivity index (χ4v) is 2.87. The molecule has 0 radical (unpaired) electrons. The first-order valence-electron chi connectivity index (χ1n) is 6.63. The minimum atomic E-state index is -0.764. The highest BCUT2D eigenvalue weighted by Gasteiger charge is 2.38. The smallest absolute Gasteiger partial charge is 0.240 e. The summed E-state index contributed by atoms with van der Waals surface area (Å²) in [5.74, 6) is 1.71. The Morgan fingerprint density at radius 1 is 1.39 bits per heavy atom. The van der Waals surface area contributed by atoms with Crippen molar-refractivity contribution in [2.45, 2.75) is 38.5 Å². The van der Waals surface area contributed by atoms with E-state index in [-0.39, 0.29) is 5.91 Å². The molecule has 0 aromatic carbocycles. The summed E-state index contributed by atoms with van der Waals surface area (Å²) in [6.07, 6.45) is 7.56. The number of nitriles is 1. The zero-order valence-electron chi connectivity index (χ0n) is 10.9. The van der Waals surface area contributed by atoms with Crippen LogP contribution in [-0.4, -0.2) is 24.0 Å². The van der Waals surface area contributed by atoms with Gasteiger partial charge in [-0.1, -0.05) is 31.8 Å². The average Bonchev–Trinajstić information content (AvgIpc) is 2.64. The van der Waals surface area contributed by atoms with Crippen molar-refractivity contribution < 1.29 is 4.79 Å². The molecule has 100 valence electrons. The van der Waals surface area contributed by atoms with Crippen LogP contribution < -0.4 is 5.32 Å². The van der Waals surface area contributed by atoms with E-state index < -0.39 is 5.41 Å². The summed E-state index contributed by atoms with van der Waals surface area (Å²) in [5.41, 5.74) is -0.764. The standard InChI is InChI=1S/C14H22N2OS/c1-2-10-18-11-9-16-13(17)14(12-15)7-5-3-4-6-8-14/h2H,1,3-11H2,(H,16,17). The van der Waals surface area contributed by atoms with Gasteiger partial charge in [-0.15, -0.1) is 6.58 Å². The average molecular weight is 266 g/mol. The Balaban J connectivity index is 2.41. The number of amides is 1. The second kappa shape index (κ2) is 8.20. The SMILES string of the molecule is C=CCSCCNC(=O)C1(C#N)CCCCCC1. The molecule has 18 heavy (non-hydrogen) atoms. The molecule has 4 heteroatoms. The monoisotopic (exact) mass is 266 g/mol. The van der Waals surface area contributed by atoms with Crippen LogP contribution in [0.4, 0.5) is 0 Å². The van der Waals surface area contributed by atoms with Gasteiger partial charge in [0, 0.05) is 18.1 Å². The first-order valence-corrected chi connectivity index (χ1v) is 7.79. The third-order valence-electron chi connectivity index (χ3n) is 3.37. The molecular formula is C14H22N2OS. The summed E-state index contributed by atoms with van der Waals surface area (Å²) < 4.78 is 0. The molecule has 1 saturated carbocycles. The molecule has 0 atom stereocenters. The molecule has 0 bridgehead atoms. The number of carbonyl (C=O) groups is 1. The van der Waals surface area contributed by atoms with Crippen molar-refractivity contribution in [3.05, 3.63) is 12.7 Å². The fourth-order valence-electron chi connectivity index (χ4n) is 2.29. The van der Waals surface area contributed by atoms with Crippen LogP contribution >= 0.6 is 11.8 Å². The van der Waals surface area contributed by atoms with E-state index in [1.54, 1.807) is 11.8 Å². The highest BCUT2D eigenvalue weighted by molar-refractivity contribution is 7.99. The molecular weight excluding hydrogens is 244 g/mol. The first kappa shape index (κ1) is 15.1. The minimum absolute atomic E-state index is 0.0638. The van der Waals surface area contributed by atoms with Gasteiger partial charge < -0.3 is 5.32 Å². The molecule has 1 N–H and O–H groups in total. The van der Waals surface area contributed by atoms with Crippen molar-refractivity contribution in [3.8, 4) is 6.07 Å². The van der Waals surface area contributed by atoms with Crippen molar-refractivity contribution >= 4 is 17.7 Å². The molecule has 1 rings (SSSR count). The summed E-state index contributed by atoms with van der Waals surface area (Å²) in [6, 6.07) is 2.27. The third-order valence-corrected chi connectivity index (χ3v) is 4.34. The van der Waals surface area contributed by atoms with Crippen LogP contribution in [-0.2, 0) is 4.79 Å². The van der Waals surface area contributed by atoms with Crippen LogP contribution in [0.2, 0.25) is 0 Å². The Hall–Kier alpha value is -0.950. The van der Waals surface area contributed by atoms with Crippen molar-refractivity contribution in [2.75, 3.05) is 18.1 Å². The largest absolute Gasteiger partial charge is 0.354 e. The molecule has 1 amide bonds. The first-order chi connectivity index (χ1) is 8.75. The van der Waals surface area contributed by atoms with E-state index in [1.807, 2.05) is 6.08 Å². The molecule has 0 heterocycles. The van der Waals surface area contributed by atoms with Gasteiger partial charge in [-0.2, -0.15) is 17.0 Å². The van der Waals surface area contributed by atoms with Crippen LogP contribution in [0, 0.1) is 16.7 Å². The summed E-state index contributed by atoms with van der Waals surface area (Å²) in [4.78, 5) is 12.2. The van der Waals surface area contributed by atoms with E-state index in [0.29, 0.717) is 6.54 Å². The molecule has 0 spiro atoms. The van der Waals surface area contributed by atoms with Crippen molar-refractivity contribution in [1.29, 1.82) is 5.26 Å². The van der Waals surface area contributed by atoms with Crippen molar-refractivity contribution in [3.63, 3.8) is 0 Å². The Kier molecular flexibility index (Phi) is 6.89. The number of nitrogens with zero attached hydrogens (tertiary/aromatic N) is 1. The second-order valence-corrected chi connectivity index (χ2v) is 5.88. The topological polar surface area (TPSA) is 52.9 Å². The highest BCUT2D eigenvalue weighted by Crippen LogP contribution is 2.34. The summed E-state index contributed by atoms with van der Waals surface area (Å²) in [6.45, 7) is 4.29. The number of rotatable bonds is 6. The van der Waals surface area contributed by atoms with Crippen molar-refractivity contribution in [2.24, 2.45) is 5.41 Å². The van der Waals surface area contributed by atoms with Gasteiger partial charge >= 0.3 is 0 Å². The molecule has 0 saturated heterocycles. The minimum Gasteiger partial charge on any atom is -0.354 e. The van der Waals surface area contributed by atoms with E-state index in [9.17, 15) is 10.1 Å². The van der Waals surface area contributed by atoms with E-state index in [0.717, 1.165) is 50.0 Å². The fraction of sp³-hybridized carbons (Fsp3) is 0.714. The molecule has 1 aliphatic rings. The van der Waals surface area contributed by atoms with Crippen molar-refractivity contribution in [1.82, 2.24) is 5.32 Å². The van der Waals surface area contributed by atoms with Crippen LogP contribution in [0.15, 0.2) is 12.7 Å². The molecule has 0 aliphatic heterocycles. The Morgan fingerprint density at radius 3 is 2.61 bits per heavy atom. The molecule has 3 nitrogen and oxygen atoms in total. The molecule has 0 unspecified atom stereocenters. The highest BCUT2D eigenvalue weighted by atomic mass is 32.2. The van der Waals surface area contributed by atoms with Gasteiger partial charge in [0.2, 0.25) is 5.91 Å². The maximum atomic E-state index is 12.2. The normalized spacial score (nSPS) is 18.4. The summed E-state index contributed by atoms with van der Waals surface area (Å²) >= 11 is 1.74. The number of nitrogens with one attached hydrogen (secondary N) is 1. The zero-order valence-corrected chi connectivity index (χ0v) is 11.7. The maximum Gasteiger partial charge on any atom is 0.240 e. The van der Waals surface area contributed by atoms with Gasteiger partial charge in [0.15, 0.2) is 0 Å². The predicted molar refractivity (Wildman–Crippen MR) is 76.3 cm³/mol. The lowest BCUT2D eigenvalue weighted by atomic mass is 9.81. The van der Waals surface area contributed by atoms with Gasteiger partial charge in [-0.05, 0) is 12.8 Å². The number of hydrogen-bond acceptors (Lipinski definition) is 3. The number of carbonyl (C=O) groups excluding carboxylic acids is 1. The Morgan fingerprint density at radius 2 is 2.06 bits per heavy atom. The van der Waals surface area contributed by atoms with E-state index in [1.165, 1.54) is 0 Å². The number of hydrogen-bond donors (Lipinski definition) is 1. The number of thioether (sulfide) groups is 1. The molecule has 0 aromatic heterocycles. The van der Waals surface area contributed by atoms with Crippen LogP contribution in [0.3, 0.4) is 0 Å². The van der Waals surface area contributed by atoms with Gasteiger partial charge in [0.05, 0.1) is 6.07 Å². The maximum absolute atomic E-state index is 12.2. The third kappa shape index (κ3) is 4.38. The summed E-state index contributed by atoms with van der Waals surface area (Å²) in [5, 5.41) is 12.3. The molecule has 1 aliphatic carbocycles. The summed E-state index contributed by atoms with van der Waals surface area (Å²) in [7, 11) is 0. The van der Waals surface area contributed by atoms with Crippen LogP contribution in [0.5, 0.6) is 0 Å². The Labute approximate surface area is 114 Å². The van der Waals surface area contributed by atoms with Gasteiger partial charge in [-0.3, -0.25) is 4.79 Å². The van der Waals surface area contributed by atoms with Gasteiger partial charge in [0.25, 0.3) is 0 Å². The van der Waals surface area contributed by atoms with E-state index in [2.05, 4.69) is 18.0 Å². The van der Waals surface area contributed by atoms with Crippen LogP contribution in [0.1, 0.15) is 38.5 Å². The van der Waals surface area contributed by atoms with Crippen LogP contribution in [0.25, 0.3) is 0 Å². The lowest BCUT2D eigenvalue weighted by Crippen LogP contribution is -2.40.